The lowest BCUT2D eigenvalue weighted by atomic mass is 10.1. The first-order valence-corrected chi connectivity index (χ1v) is 8.53. The van der Waals surface area contributed by atoms with Crippen LogP contribution in [-0.4, -0.2) is 27.9 Å². The van der Waals surface area contributed by atoms with Gasteiger partial charge in [-0.3, -0.25) is 9.59 Å². The number of aromatic nitrogens is 2. The van der Waals surface area contributed by atoms with Crippen LogP contribution in [0.15, 0.2) is 36.9 Å². The molecule has 0 aliphatic carbocycles. The van der Waals surface area contributed by atoms with Crippen LogP contribution in [-0.2, 0) is 13.0 Å². The fourth-order valence-corrected chi connectivity index (χ4v) is 2.99. The number of nitrogens with zero attached hydrogens (tertiary/aromatic N) is 2. The molecule has 130 valence electrons. The van der Waals surface area contributed by atoms with Gasteiger partial charge in [0.1, 0.15) is 0 Å². The Morgan fingerprint density at radius 1 is 1.24 bits per heavy atom. The molecule has 3 rings (SSSR count). The summed E-state index contributed by atoms with van der Waals surface area (Å²) in [5, 5.41) is 6.13. The Morgan fingerprint density at radius 3 is 2.72 bits per heavy atom. The molecule has 7 heteroatoms. The Morgan fingerprint density at radius 2 is 2.00 bits per heavy atom. The summed E-state index contributed by atoms with van der Waals surface area (Å²) in [7, 11) is 0. The van der Waals surface area contributed by atoms with Crippen LogP contribution in [0.4, 0.5) is 5.69 Å². The van der Waals surface area contributed by atoms with E-state index < -0.39 is 0 Å². The summed E-state index contributed by atoms with van der Waals surface area (Å²) in [6, 6.07) is 6.85. The third kappa shape index (κ3) is 3.74. The summed E-state index contributed by atoms with van der Waals surface area (Å²) in [5.74, 6) is -0.345. The van der Waals surface area contributed by atoms with Crippen LogP contribution in [0.5, 0.6) is 0 Å². The van der Waals surface area contributed by atoms with E-state index in [2.05, 4.69) is 22.2 Å². The number of hydrogen-bond acceptors (Lipinski definition) is 3. The quantitative estimate of drug-likeness (QED) is 0.806. The second-order valence-electron chi connectivity index (χ2n) is 5.80. The van der Waals surface area contributed by atoms with Crippen molar-refractivity contribution in [2.45, 2.75) is 25.8 Å². The number of amides is 2. The molecule has 0 fully saturated rings. The Hall–Kier alpha value is -2.60. The average Bonchev–Trinajstić information content (AvgIpc) is 3.01. The maximum absolute atomic E-state index is 12.7. The van der Waals surface area contributed by atoms with E-state index in [0.717, 1.165) is 25.0 Å². The summed E-state index contributed by atoms with van der Waals surface area (Å²) in [6.07, 6.45) is 4.27. The highest BCUT2D eigenvalue weighted by molar-refractivity contribution is 6.30. The van der Waals surface area contributed by atoms with E-state index in [-0.39, 0.29) is 17.6 Å². The Kier molecular flexibility index (Phi) is 5.19. The molecule has 0 radical (unpaired) electrons. The van der Waals surface area contributed by atoms with Crippen molar-refractivity contribution in [2.24, 2.45) is 0 Å². The fourth-order valence-electron chi connectivity index (χ4n) is 2.87. The Balaban J connectivity index is 1.88. The maximum Gasteiger partial charge on any atom is 0.287 e. The van der Waals surface area contributed by atoms with E-state index in [1.165, 1.54) is 0 Å². The molecular weight excluding hydrogens is 340 g/mol. The van der Waals surface area contributed by atoms with E-state index >= 15 is 0 Å². The van der Waals surface area contributed by atoms with Gasteiger partial charge in [-0.15, -0.1) is 6.58 Å². The van der Waals surface area contributed by atoms with Gasteiger partial charge < -0.3 is 15.2 Å². The predicted octanol–water partition coefficient (Wildman–Crippen LogP) is 3.04. The highest BCUT2D eigenvalue weighted by atomic mass is 35.5. The van der Waals surface area contributed by atoms with Crippen LogP contribution in [0.2, 0.25) is 5.02 Å². The standard InChI is InChI=1S/C18H19ClN4O2/c1-2-10-20-18(25)16-22-15(14-5-3-4-11-23(14)16)17(24)21-13-8-6-12(19)7-9-13/h2,6-9H,1,3-5,10-11H2,(H,20,25)(H,21,24). The molecule has 0 unspecified atom stereocenters. The van der Waals surface area contributed by atoms with Crippen molar-refractivity contribution in [1.29, 1.82) is 0 Å². The lowest BCUT2D eigenvalue weighted by molar-refractivity contribution is 0.0942. The van der Waals surface area contributed by atoms with E-state index in [4.69, 9.17) is 11.6 Å². The van der Waals surface area contributed by atoms with E-state index in [1.54, 1.807) is 30.3 Å². The minimum Gasteiger partial charge on any atom is -0.346 e. The Bertz CT molecular complexity index is 811. The van der Waals surface area contributed by atoms with Gasteiger partial charge in [0.05, 0.1) is 5.69 Å². The number of carbonyl (C=O) groups is 2. The van der Waals surface area contributed by atoms with Gasteiger partial charge in [-0.25, -0.2) is 4.98 Å². The van der Waals surface area contributed by atoms with Crippen molar-refractivity contribution in [3.63, 3.8) is 0 Å². The second kappa shape index (κ2) is 7.53. The first-order valence-electron chi connectivity index (χ1n) is 8.15. The van der Waals surface area contributed by atoms with E-state index in [1.807, 2.05) is 4.57 Å². The van der Waals surface area contributed by atoms with Crippen molar-refractivity contribution in [3.8, 4) is 0 Å². The number of hydrogen-bond donors (Lipinski definition) is 2. The average molecular weight is 359 g/mol. The minimum absolute atomic E-state index is 0.276. The van der Waals surface area contributed by atoms with Crippen molar-refractivity contribution in [1.82, 2.24) is 14.9 Å². The van der Waals surface area contributed by atoms with Gasteiger partial charge in [0.15, 0.2) is 11.5 Å². The molecule has 2 aromatic rings. The molecule has 0 bridgehead atoms. The Labute approximate surface area is 150 Å². The molecule has 1 aliphatic heterocycles. The summed E-state index contributed by atoms with van der Waals surface area (Å²) in [6.45, 7) is 4.63. The van der Waals surface area contributed by atoms with Crippen LogP contribution in [0.1, 0.15) is 39.6 Å². The molecule has 1 aliphatic rings. The molecule has 6 nitrogen and oxygen atoms in total. The summed E-state index contributed by atoms with van der Waals surface area (Å²) in [5.41, 5.74) is 1.74. The number of anilines is 1. The molecule has 0 saturated carbocycles. The third-order valence-corrected chi connectivity index (χ3v) is 4.30. The predicted molar refractivity (Wildman–Crippen MR) is 97.1 cm³/mol. The first kappa shape index (κ1) is 17.2. The largest absolute Gasteiger partial charge is 0.346 e. The van der Waals surface area contributed by atoms with Gasteiger partial charge in [-0.1, -0.05) is 17.7 Å². The SMILES string of the molecule is C=CCNC(=O)c1nc(C(=O)Nc2ccc(Cl)cc2)c2n1CCCC2. The number of benzene rings is 1. The van der Waals surface area contributed by atoms with Gasteiger partial charge in [-0.05, 0) is 43.5 Å². The zero-order chi connectivity index (χ0) is 17.8. The van der Waals surface area contributed by atoms with E-state index in [0.29, 0.717) is 29.5 Å². The maximum atomic E-state index is 12.7. The first-order chi connectivity index (χ1) is 12.1. The topological polar surface area (TPSA) is 76.0 Å². The highest BCUT2D eigenvalue weighted by Gasteiger charge is 2.27. The van der Waals surface area contributed by atoms with Gasteiger partial charge in [0.25, 0.3) is 11.8 Å². The van der Waals surface area contributed by atoms with Crippen LogP contribution in [0.3, 0.4) is 0 Å². The number of carbonyl (C=O) groups excluding carboxylic acids is 2. The van der Waals surface area contributed by atoms with Crippen molar-refractivity contribution < 1.29 is 9.59 Å². The second-order valence-corrected chi connectivity index (χ2v) is 6.24. The number of nitrogens with one attached hydrogen (secondary N) is 2. The molecule has 1 aromatic heterocycles. The lowest BCUT2D eigenvalue weighted by Gasteiger charge is -2.17. The van der Waals surface area contributed by atoms with Gasteiger partial charge in [-0.2, -0.15) is 0 Å². The summed E-state index contributed by atoms with van der Waals surface area (Å²) >= 11 is 5.86. The van der Waals surface area contributed by atoms with Crippen molar-refractivity contribution >= 4 is 29.1 Å². The summed E-state index contributed by atoms with van der Waals surface area (Å²) < 4.78 is 1.85. The van der Waals surface area contributed by atoms with Crippen LogP contribution < -0.4 is 10.6 Å². The summed E-state index contributed by atoms with van der Waals surface area (Å²) in [4.78, 5) is 29.3. The molecule has 2 heterocycles. The van der Waals surface area contributed by atoms with Crippen LogP contribution in [0.25, 0.3) is 0 Å². The third-order valence-electron chi connectivity index (χ3n) is 4.05. The van der Waals surface area contributed by atoms with Crippen LogP contribution >= 0.6 is 11.6 Å². The molecule has 1 aromatic carbocycles. The van der Waals surface area contributed by atoms with Gasteiger partial charge in [0.2, 0.25) is 0 Å². The number of rotatable bonds is 5. The highest BCUT2D eigenvalue weighted by Crippen LogP contribution is 2.22. The van der Waals surface area contributed by atoms with Crippen LogP contribution in [0, 0.1) is 0 Å². The lowest BCUT2D eigenvalue weighted by Crippen LogP contribution is -2.28. The smallest absolute Gasteiger partial charge is 0.287 e. The molecule has 2 amide bonds. The minimum atomic E-state index is -0.323. The molecule has 0 saturated heterocycles. The van der Waals surface area contributed by atoms with E-state index in [9.17, 15) is 9.59 Å². The molecular formula is C18H19ClN4O2. The zero-order valence-corrected chi connectivity index (χ0v) is 14.5. The van der Waals surface area contributed by atoms with Crippen molar-refractivity contribution in [3.05, 3.63) is 59.2 Å². The number of imidazole rings is 1. The molecule has 0 atom stereocenters. The van der Waals surface area contributed by atoms with Crippen molar-refractivity contribution in [2.75, 3.05) is 11.9 Å². The number of halogens is 1. The number of fused-ring (bicyclic) bond motifs is 1. The zero-order valence-electron chi connectivity index (χ0n) is 13.7. The fraction of sp³-hybridized carbons (Fsp3) is 0.278. The normalized spacial score (nSPS) is 13.0. The van der Waals surface area contributed by atoms with Gasteiger partial charge in [0, 0.05) is 23.8 Å². The molecule has 0 spiro atoms. The van der Waals surface area contributed by atoms with Gasteiger partial charge >= 0.3 is 0 Å². The monoisotopic (exact) mass is 358 g/mol. The molecule has 2 N–H and O–H groups in total. The molecule has 25 heavy (non-hydrogen) atoms.